The molecule has 0 saturated carbocycles. The van der Waals surface area contributed by atoms with Gasteiger partial charge in [-0.25, -0.2) is 0 Å². The van der Waals surface area contributed by atoms with Crippen LogP contribution in [0.25, 0.3) is 0 Å². The smallest absolute Gasteiger partial charge is 0.0110 e. The van der Waals surface area contributed by atoms with E-state index in [9.17, 15) is 0 Å². The Hall–Kier alpha value is 0.400. The lowest BCUT2D eigenvalue weighted by molar-refractivity contribution is 0.0894. The van der Waals surface area contributed by atoms with Gasteiger partial charge in [-0.1, -0.05) is 36.7 Å². The van der Waals surface area contributed by atoms with Crippen molar-refractivity contribution in [2.24, 2.45) is 5.41 Å². The number of halogens is 1. The van der Waals surface area contributed by atoms with Gasteiger partial charge in [0.15, 0.2) is 0 Å². The SMILES string of the molecule is CCCN1CCN(CC(CC)(CC)CBr)CC1. The molecule has 1 saturated heterocycles. The molecule has 3 heteroatoms. The molecule has 0 aromatic carbocycles. The van der Waals surface area contributed by atoms with E-state index in [1.165, 1.54) is 58.5 Å². The van der Waals surface area contributed by atoms with Gasteiger partial charge in [-0.3, -0.25) is 0 Å². The molecule has 17 heavy (non-hydrogen) atoms. The van der Waals surface area contributed by atoms with Gasteiger partial charge in [0.25, 0.3) is 0 Å². The summed E-state index contributed by atoms with van der Waals surface area (Å²) < 4.78 is 0. The number of hydrogen-bond donors (Lipinski definition) is 0. The minimum atomic E-state index is 0.493. The zero-order valence-corrected chi connectivity index (χ0v) is 13.4. The first-order valence-electron chi connectivity index (χ1n) is 7.20. The lowest BCUT2D eigenvalue weighted by Crippen LogP contribution is -2.50. The summed E-state index contributed by atoms with van der Waals surface area (Å²) in [7, 11) is 0. The maximum atomic E-state index is 3.72. The highest BCUT2D eigenvalue weighted by atomic mass is 79.9. The maximum Gasteiger partial charge on any atom is 0.0110 e. The molecule has 1 aliphatic rings. The van der Waals surface area contributed by atoms with Gasteiger partial charge in [0.1, 0.15) is 0 Å². The van der Waals surface area contributed by atoms with Crippen LogP contribution in [0.2, 0.25) is 0 Å². The van der Waals surface area contributed by atoms with Crippen LogP contribution in [0.4, 0.5) is 0 Å². The average Bonchev–Trinajstić information content (AvgIpc) is 2.39. The molecule has 102 valence electrons. The van der Waals surface area contributed by atoms with E-state index in [1.807, 2.05) is 0 Å². The molecule has 1 rings (SSSR count). The fourth-order valence-corrected chi connectivity index (χ4v) is 3.64. The van der Waals surface area contributed by atoms with Crippen molar-refractivity contribution >= 4 is 15.9 Å². The summed E-state index contributed by atoms with van der Waals surface area (Å²) in [6.45, 7) is 14.5. The Balaban J connectivity index is 2.38. The Kier molecular flexibility index (Phi) is 7.05. The molecule has 0 N–H and O–H groups in total. The lowest BCUT2D eigenvalue weighted by atomic mass is 9.84. The normalized spacial score (nSPS) is 19.8. The molecular weight excluding hydrogens is 276 g/mol. The van der Waals surface area contributed by atoms with Gasteiger partial charge in [0, 0.05) is 38.1 Å². The van der Waals surface area contributed by atoms with Crippen molar-refractivity contribution in [2.75, 3.05) is 44.6 Å². The minimum Gasteiger partial charge on any atom is -0.301 e. The number of alkyl halides is 1. The standard InChI is InChI=1S/C14H29BrN2/c1-4-7-16-8-10-17(11-9-16)13-14(5-2,6-3)12-15/h4-13H2,1-3H3. The van der Waals surface area contributed by atoms with Crippen molar-refractivity contribution in [1.29, 1.82) is 0 Å². The third-order valence-corrected chi connectivity index (χ3v) is 5.54. The van der Waals surface area contributed by atoms with E-state index in [2.05, 4.69) is 46.5 Å². The summed E-state index contributed by atoms with van der Waals surface area (Å²) in [6, 6.07) is 0. The monoisotopic (exact) mass is 304 g/mol. The van der Waals surface area contributed by atoms with Gasteiger partial charge in [-0.2, -0.15) is 0 Å². The molecule has 1 aliphatic heterocycles. The van der Waals surface area contributed by atoms with Crippen LogP contribution in [-0.2, 0) is 0 Å². The maximum absolute atomic E-state index is 3.72. The zero-order chi connectivity index (χ0) is 12.7. The summed E-state index contributed by atoms with van der Waals surface area (Å²) in [6.07, 6.45) is 3.85. The molecule has 0 spiro atoms. The fourth-order valence-electron chi connectivity index (χ4n) is 2.67. The molecule has 1 fully saturated rings. The van der Waals surface area contributed by atoms with Crippen LogP contribution < -0.4 is 0 Å². The van der Waals surface area contributed by atoms with Crippen LogP contribution in [0.5, 0.6) is 0 Å². The van der Waals surface area contributed by atoms with Gasteiger partial charge in [0.2, 0.25) is 0 Å². The van der Waals surface area contributed by atoms with Crippen LogP contribution in [0.15, 0.2) is 0 Å². The largest absolute Gasteiger partial charge is 0.301 e. The summed E-state index contributed by atoms with van der Waals surface area (Å²) >= 11 is 3.72. The van der Waals surface area contributed by atoms with Crippen LogP contribution >= 0.6 is 15.9 Å². The summed E-state index contributed by atoms with van der Waals surface area (Å²) in [4.78, 5) is 5.27. The summed E-state index contributed by atoms with van der Waals surface area (Å²) in [5.74, 6) is 0. The van der Waals surface area contributed by atoms with Crippen LogP contribution in [0.1, 0.15) is 40.0 Å². The quantitative estimate of drug-likeness (QED) is 0.666. The number of nitrogens with zero attached hydrogens (tertiary/aromatic N) is 2. The van der Waals surface area contributed by atoms with Crippen molar-refractivity contribution in [3.8, 4) is 0 Å². The van der Waals surface area contributed by atoms with Crippen molar-refractivity contribution in [3.63, 3.8) is 0 Å². The topological polar surface area (TPSA) is 6.48 Å². The third-order valence-electron chi connectivity index (χ3n) is 4.35. The Labute approximate surface area is 116 Å². The van der Waals surface area contributed by atoms with E-state index in [-0.39, 0.29) is 0 Å². The highest BCUT2D eigenvalue weighted by Gasteiger charge is 2.29. The highest BCUT2D eigenvalue weighted by molar-refractivity contribution is 9.09. The Morgan fingerprint density at radius 1 is 0.941 bits per heavy atom. The molecule has 0 radical (unpaired) electrons. The van der Waals surface area contributed by atoms with Gasteiger partial charge in [-0.15, -0.1) is 0 Å². The number of piperazine rings is 1. The summed E-state index contributed by atoms with van der Waals surface area (Å²) in [5, 5.41) is 1.14. The van der Waals surface area contributed by atoms with E-state index in [0.717, 1.165) is 5.33 Å². The van der Waals surface area contributed by atoms with Crippen molar-refractivity contribution in [3.05, 3.63) is 0 Å². The second-order valence-corrected chi connectivity index (χ2v) is 6.02. The Morgan fingerprint density at radius 3 is 1.88 bits per heavy atom. The first-order chi connectivity index (χ1) is 8.19. The highest BCUT2D eigenvalue weighted by Crippen LogP contribution is 2.30. The van der Waals surface area contributed by atoms with Gasteiger partial charge < -0.3 is 9.80 Å². The molecule has 1 heterocycles. The molecule has 0 atom stereocenters. The predicted octanol–water partition coefficient (Wildman–Crippen LogP) is 3.22. The lowest BCUT2D eigenvalue weighted by Gasteiger charge is -2.40. The Morgan fingerprint density at radius 2 is 1.47 bits per heavy atom. The third kappa shape index (κ3) is 4.53. The molecule has 0 aromatic heterocycles. The molecular formula is C14H29BrN2. The first kappa shape index (κ1) is 15.5. The van der Waals surface area contributed by atoms with E-state index in [4.69, 9.17) is 0 Å². The predicted molar refractivity (Wildman–Crippen MR) is 80.0 cm³/mol. The van der Waals surface area contributed by atoms with E-state index in [0.29, 0.717) is 5.41 Å². The minimum absolute atomic E-state index is 0.493. The second-order valence-electron chi connectivity index (χ2n) is 5.46. The van der Waals surface area contributed by atoms with Gasteiger partial charge in [0.05, 0.1) is 0 Å². The first-order valence-corrected chi connectivity index (χ1v) is 8.32. The average molecular weight is 305 g/mol. The van der Waals surface area contributed by atoms with E-state index in [1.54, 1.807) is 0 Å². The number of rotatable bonds is 7. The molecule has 2 nitrogen and oxygen atoms in total. The molecule has 0 aromatic rings. The van der Waals surface area contributed by atoms with Crippen LogP contribution in [-0.4, -0.2) is 54.4 Å². The fraction of sp³-hybridized carbons (Fsp3) is 1.00. The summed E-state index contributed by atoms with van der Waals surface area (Å²) in [5.41, 5.74) is 0.493. The van der Waals surface area contributed by atoms with Crippen LogP contribution in [0, 0.1) is 5.41 Å². The van der Waals surface area contributed by atoms with Crippen molar-refractivity contribution in [1.82, 2.24) is 9.80 Å². The van der Waals surface area contributed by atoms with E-state index < -0.39 is 0 Å². The molecule has 0 unspecified atom stereocenters. The Bertz CT molecular complexity index is 188. The zero-order valence-electron chi connectivity index (χ0n) is 11.8. The molecule has 0 amide bonds. The van der Waals surface area contributed by atoms with E-state index >= 15 is 0 Å². The van der Waals surface area contributed by atoms with Crippen molar-refractivity contribution in [2.45, 2.75) is 40.0 Å². The van der Waals surface area contributed by atoms with Crippen molar-refractivity contribution < 1.29 is 0 Å². The number of hydrogen-bond acceptors (Lipinski definition) is 2. The molecule has 0 bridgehead atoms. The molecule has 0 aliphatic carbocycles. The van der Waals surface area contributed by atoms with Crippen LogP contribution in [0.3, 0.4) is 0 Å². The second kappa shape index (κ2) is 7.75. The van der Waals surface area contributed by atoms with Gasteiger partial charge >= 0.3 is 0 Å². The van der Waals surface area contributed by atoms with Gasteiger partial charge in [-0.05, 0) is 31.2 Å².